The Morgan fingerprint density at radius 3 is 2.52 bits per heavy atom. The molecule has 2 N–H and O–H groups in total. The maximum Gasteiger partial charge on any atom is 0.191 e. The largest absolute Gasteiger partial charge is 0.469 e. The van der Waals surface area contributed by atoms with Crippen molar-refractivity contribution in [1.29, 1.82) is 0 Å². The van der Waals surface area contributed by atoms with Gasteiger partial charge in [-0.15, -0.1) is 0 Å². The highest BCUT2D eigenvalue weighted by Gasteiger charge is 2.00. The fraction of sp³-hybridized carbons (Fsp3) is 0.389. The molecule has 1 aromatic heterocycles. The first-order valence-corrected chi connectivity index (χ1v) is 8.00. The van der Waals surface area contributed by atoms with Crippen LogP contribution in [-0.2, 0) is 13.0 Å². The van der Waals surface area contributed by atoms with Crippen molar-refractivity contribution in [3.8, 4) is 0 Å². The molecule has 124 valence electrons. The summed E-state index contributed by atoms with van der Waals surface area (Å²) in [4.78, 5) is 6.72. The van der Waals surface area contributed by atoms with Gasteiger partial charge in [0.2, 0.25) is 0 Å². The minimum absolute atomic E-state index is 0.657. The Morgan fingerprint density at radius 1 is 1.13 bits per heavy atom. The Bertz CT molecular complexity index is 588. The molecular formula is C18H26N4O. The predicted octanol–water partition coefficient (Wildman–Crippen LogP) is 2.64. The zero-order valence-corrected chi connectivity index (χ0v) is 14.2. The molecule has 0 bridgehead atoms. The fourth-order valence-corrected chi connectivity index (χ4v) is 2.17. The molecule has 1 aromatic carbocycles. The highest BCUT2D eigenvalue weighted by molar-refractivity contribution is 5.79. The molecule has 23 heavy (non-hydrogen) atoms. The number of rotatable bonds is 7. The minimum atomic E-state index is 0.657. The third-order valence-corrected chi connectivity index (χ3v) is 3.46. The number of hydrogen-bond donors (Lipinski definition) is 2. The van der Waals surface area contributed by atoms with Gasteiger partial charge in [0.15, 0.2) is 5.96 Å². The Kier molecular flexibility index (Phi) is 6.54. The van der Waals surface area contributed by atoms with Gasteiger partial charge in [0.25, 0.3) is 0 Å². The number of nitrogens with one attached hydrogen (secondary N) is 2. The number of guanidine groups is 1. The summed E-state index contributed by atoms with van der Waals surface area (Å²) in [7, 11) is 4.08. The van der Waals surface area contributed by atoms with E-state index in [2.05, 4.69) is 51.7 Å². The molecule has 0 atom stereocenters. The molecule has 0 saturated carbocycles. The molecule has 0 aliphatic heterocycles. The molecule has 0 amide bonds. The van der Waals surface area contributed by atoms with Gasteiger partial charge >= 0.3 is 0 Å². The second-order valence-corrected chi connectivity index (χ2v) is 5.51. The van der Waals surface area contributed by atoms with Gasteiger partial charge in [-0.25, -0.2) is 4.99 Å². The second kappa shape index (κ2) is 8.88. The summed E-state index contributed by atoms with van der Waals surface area (Å²) in [6, 6.07) is 12.4. The van der Waals surface area contributed by atoms with Gasteiger partial charge in [-0.1, -0.05) is 12.1 Å². The van der Waals surface area contributed by atoms with Crippen molar-refractivity contribution < 1.29 is 4.42 Å². The van der Waals surface area contributed by atoms with Crippen molar-refractivity contribution in [3.05, 3.63) is 54.0 Å². The van der Waals surface area contributed by atoms with Crippen molar-refractivity contribution in [2.24, 2.45) is 4.99 Å². The number of hydrogen-bond acceptors (Lipinski definition) is 3. The molecule has 0 aliphatic rings. The van der Waals surface area contributed by atoms with Crippen LogP contribution >= 0.6 is 0 Å². The maximum absolute atomic E-state index is 5.33. The molecule has 0 spiro atoms. The number of aliphatic imine (C=N–C) groups is 1. The molecule has 2 rings (SSSR count). The summed E-state index contributed by atoms with van der Waals surface area (Å²) in [5, 5.41) is 6.59. The monoisotopic (exact) mass is 314 g/mol. The van der Waals surface area contributed by atoms with Crippen LogP contribution in [0.3, 0.4) is 0 Å². The van der Waals surface area contributed by atoms with Crippen molar-refractivity contribution in [2.45, 2.75) is 19.9 Å². The van der Waals surface area contributed by atoms with Crippen molar-refractivity contribution >= 4 is 11.6 Å². The lowest BCUT2D eigenvalue weighted by Crippen LogP contribution is -2.38. The van der Waals surface area contributed by atoms with E-state index >= 15 is 0 Å². The molecule has 0 aliphatic carbocycles. The van der Waals surface area contributed by atoms with Crippen LogP contribution in [0.1, 0.15) is 18.2 Å². The van der Waals surface area contributed by atoms with Crippen LogP contribution in [0.25, 0.3) is 0 Å². The standard InChI is InChI=1S/C18H26N4O/c1-4-19-18(20-12-11-17-6-5-13-23-17)21-14-15-7-9-16(10-8-15)22(2)3/h5-10,13H,4,11-12,14H2,1-3H3,(H2,19,20,21). The topological polar surface area (TPSA) is 52.8 Å². The lowest BCUT2D eigenvalue weighted by atomic mass is 10.2. The summed E-state index contributed by atoms with van der Waals surface area (Å²) < 4.78 is 5.33. The molecule has 0 fully saturated rings. The average Bonchev–Trinajstić information content (AvgIpc) is 3.06. The molecule has 5 nitrogen and oxygen atoms in total. The molecular weight excluding hydrogens is 288 g/mol. The first kappa shape index (κ1) is 16.9. The molecule has 1 heterocycles. The fourth-order valence-electron chi connectivity index (χ4n) is 2.17. The summed E-state index contributed by atoms with van der Waals surface area (Å²) in [6.45, 7) is 4.35. The summed E-state index contributed by atoms with van der Waals surface area (Å²) in [6.07, 6.45) is 2.54. The van der Waals surface area contributed by atoms with E-state index in [1.54, 1.807) is 6.26 Å². The third kappa shape index (κ3) is 5.70. The lowest BCUT2D eigenvalue weighted by molar-refractivity contribution is 0.507. The van der Waals surface area contributed by atoms with Crippen LogP contribution in [0.2, 0.25) is 0 Å². The molecule has 2 aromatic rings. The van der Waals surface area contributed by atoms with E-state index in [0.717, 1.165) is 31.2 Å². The van der Waals surface area contributed by atoms with Gasteiger partial charge in [0.1, 0.15) is 5.76 Å². The van der Waals surface area contributed by atoms with E-state index in [-0.39, 0.29) is 0 Å². The highest BCUT2D eigenvalue weighted by Crippen LogP contribution is 2.12. The van der Waals surface area contributed by atoms with Gasteiger partial charge in [-0.05, 0) is 36.8 Å². The molecule has 5 heteroatoms. The van der Waals surface area contributed by atoms with Crippen molar-refractivity contribution in [2.75, 3.05) is 32.1 Å². The van der Waals surface area contributed by atoms with Gasteiger partial charge in [0, 0.05) is 39.3 Å². The van der Waals surface area contributed by atoms with E-state index in [1.807, 2.05) is 26.2 Å². The summed E-state index contributed by atoms with van der Waals surface area (Å²) >= 11 is 0. The number of benzene rings is 1. The summed E-state index contributed by atoms with van der Waals surface area (Å²) in [5.74, 6) is 1.81. The van der Waals surface area contributed by atoms with Gasteiger partial charge < -0.3 is 20.0 Å². The Balaban J connectivity index is 1.87. The quantitative estimate of drug-likeness (QED) is 0.609. The predicted molar refractivity (Wildman–Crippen MR) is 96.0 cm³/mol. The van der Waals surface area contributed by atoms with Gasteiger partial charge in [-0.2, -0.15) is 0 Å². The summed E-state index contributed by atoms with van der Waals surface area (Å²) in [5.41, 5.74) is 2.39. The van der Waals surface area contributed by atoms with E-state index in [9.17, 15) is 0 Å². The minimum Gasteiger partial charge on any atom is -0.469 e. The van der Waals surface area contributed by atoms with Gasteiger partial charge in [0.05, 0.1) is 12.8 Å². The number of nitrogens with zero attached hydrogens (tertiary/aromatic N) is 2. The smallest absolute Gasteiger partial charge is 0.191 e. The Hall–Kier alpha value is -2.43. The zero-order valence-electron chi connectivity index (χ0n) is 14.2. The Labute approximate surface area is 138 Å². The average molecular weight is 314 g/mol. The van der Waals surface area contributed by atoms with E-state index in [4.69, 9.17) is 4.42 Å². The number of furan rings is 1. The normalized spacial score (nSPS) is 11.3. The van der Waals surface area contributed by atoms with Crippen LogP contribution in [0.4, 0.5) is 5.69 Å². The molecule has 0 unspecified atom stereocenters. The second-order valence-electron chi connectivity index (χ2n) is 5.51. The van der Waals surface area contributed by atoms with E-state index in [1.165, 1.54) is 11.3 Å². The Morgan fingerprint density at radius 2 is 1.91 bits per heavy atom. The van der Waals surface area contributed by atoms with E-state index in [0.29, 0.717) is 6.54 Å². The van der Waals surface area contributed by atoms with Gasteiger partial charge in [-0.3, -0.25) is 0 Å². The molecule has 0 radical (unpaired) electrons. The van der Waals surface area contributed by atoms with Crippen LogP contribution in [0, 0.1) is 0 Å². The van der Waals surface area contributed by atoms with Crippen LogP contribution in [-0.4, -0.2) is 33.1 Å². The zero-order chi connectivity index (χ0) is 16.5. The first-order valence-electron chi connectivity index (χ1n) is 8.00. The van der Waals surface area contributed by atoms with Crippen LogP contribution in [0.5, 0.6) is 0 Å². The molecule has 0 saturated heterocycles. The SMILES string of the molecule is CCNC(=NCc1ccc(N(C)C)cc1)NCCc1ccco1. The van der Waals surface area contributed by atoms with Crippen molar-refractivity contribution in [3.63, 3.8) is 0 Å². The van der Waals surface area contributed by atoms with Crippen LogP contribution in [0.15, 0.2) is 52.1 Å². The van der Waals surface area contributed by atoms with E-state index < -0.39 is 0 Å². The maximum atomic E-state index is 5.33. The first-order chi connectivity index (χ1) is 11.2. The van der Waals surface area contributed by atoms with Crippen LogP contribution < -0.4 is 15.5 Å². The van der Waals surface area contributed by atoms with Crippen molar-refractivity contribution in [1.82, 2.24) is 10.6 Å². The highest BCUT2D eigenvalue weighted by atomic mass is 16.3. The third-order valence-electron chi connectivity index (χ3n) is 3.46. The number of anilines is 1. The lowest BCUT2D eigenvalue weighted by Gasteiger charge is -2.13.